The molecule has 0 radical (unpaired) electrons. The zero-order valence-corrected chi connectivity index (χ0v) is 25.5. The van der Waals surface area contributed by atoms with Gasteiger partial charge in [-0.1, -0.05) is 76.7 Å². The van der Waals surface area contributed by atoms with E-state index in [2.05, 4.69) is 37.7 Å². The average molecular weight is 715 g/mol. The van der Waals surface area contributed by atoms with Gasteiger partial charge in [0.05, 0.1) is 45.2 Å². The van der Waals surface area contributed by atoms with Crippen molar-refractivity contribution < 1.29 is 18.3 Å². The van der Waals surface area contributed by atoms with Crippen LogP contribution in [0.3, 0.4) is 0 Å². The predicted octanol–water partition coefficient (Wildman–Crippen LogP) is 7.17. The standard InChI is InChI=1S/C31H23ClF3IN6O/c1-41-16-20(13-39-41)29-24(11-19-5-3-2-4-6-19)28(32)23-12-21(7-9-25(23)40-29)30(43,27-15-37-18-42(27)17-36)22-8-10-26(38-14-22)31(33,34)35/h2-10,12-16,18,43H,11,17H2,1H3. The lowest BCUT2D eigenvalue weighted by molar-refractivity contribution is -0.141. The summed E-state index contributed by atoms with van der Waals surface area (Å²) in [5.41, 5.74) is 1.81. The van der Waals surface area contributed by atoms with Crippen LogP contribution in [0.25, 0.3) is 22.2 Å². The Morgan fingerprint density at radius 1 is 0.977 bits per heavy atom. The Labute approximate surface area is 263 Å². The molecule has 2 aromatic carbocycles. The van der Waals surface area contributed by atoms with Crippen LogP contribution in [0, 0.1) is 0 Å². The largest absolute Gasteiger partial charge is 0.433 e. The minimum absolute atomic E-state index is 0.145. The van der Waals surface area contributed by atoms with E-state index in [1.807, 2.05) is 43.6 Å². The molecule has 6 rings (SSSR count). The molecule has 0 aliphatic heterocycles. The van der Waals surface area contributed by atoms with Gasteiger partial charge < -0.3 is 9.67 Å². The van der Waals surface area contributed by atoms with E-state index in [9.17, 15) is 18.3 Å². The summed E-state index contributed by atoms with van der Waals surface area (Å²) in [7, 11) is 1.83. The van der Waals surface area contributed by atoms with Crippen LogP contribution in [-0.4, -0.2) is 34.4 Å². The van der Waals surface area contributed by atoms with Crippen molar-refractivity contribution in [1.29, 1.82) is 0 Å². The van der Waals surface area contributed by atoms with Crippen LogP contribution in [0.1, 0.15) is 33.6 Å². The number of rotatable bonds is 7. The van der Waals surface area contributed by atoms with Crippen molar-refractivity contribution in [2.45, 2.75) is 22.7 Å². The number of aryl methyl sites for hydroxylation is 1. The summed E-state index contributed by atoms with van der Waals surface area (Å²) in [5, 5.41) is 17.8. The molecule has 4 heterocycles. The molecule has 1 atom stereocenters. The zero-order chi connectivity index (χ0) is 30.4. The summed E-state index contributed by atoms with van der Waals surface area (Å²) in [6.07, 6.45) is 3.56. The van der Waals surface area contributed by atoms with Crippen molar-refractivity contribution >= 4 is 45.1 Å². The van der Waals surface area contributed by atoms with Crippen LogP contribution < -0.4 is 0 Å². The summed E-state index contributed by atoms with van der Waals surface area (Å²) < 4.78 is 43.9. The lowest BCUT2D eigenvalue weighted by Gasteiger charge is -2.30. The van der Waals surface area contributed by atoms with Gasteiger partial charge >= 0.3 is 6.18 Å². The molecule has 0 saturated heterocycles. The van der Waals surface area contributed by atoms with Crippen LogP contribution in [-0.2, 0) is 29.8 Å². The first-order chi connectivity index (χ1) is 20.6. The molecule has 1 unspecified atom stereocenters. The number of hydrogen-bond donors (Lipinski definition) is 1. The number of benzene rings is 2. The smallest absolute Gasteiger partial charge is 0.374 e. The number of fused-ring (bicyclic) bond motifs is 1. The Hall–Kier alpha value is -3.81. The Bertz CT molecular complexity index is 1920. The monoisotopic (exact) mass is 714 g/mol. The molecule has 0 spiro atoms. The van der Waals surface area contributed by atoms with Crippen LogP contribution in [0.4, 0.5) is 13.2 Å². The van der Waals surface area contributed by atoms with E-state index in [0.29, 0.717) is 43.8 Å². The highest BCUT2D eigenvalue weighted by atomic mass is 127. The number of hydrogen-bond acceptors (Lipinski definition) is 5. The van der Waals surface area contributed by atoms with Gasteiger partial charge in [-0.05, 0) is 29.3 Å². The second-order valence-corrected chi connectivity index (χ2v) is 11.1. The van der Waals surface area contributed by atoms with Crippen molar-refractivity contribution in [3.05, 3.63) is 130 Å². The molecular weight excluding hydrogens is 692 g/mol. The van der Waals surface area contributed by atoms with Crippen molar-refractivity contribution in [3.8, 4) is 11.3 Å². The number of pyridine rings is 2. The molecule has 0 saturated carbocycles. The Morgan fingerprint density at radius 2 is 1.74 bits per heavy atom. The van der Waals surface area contributed by atoms with Crippen molar-refractivity contribution in [1.82, 2.24) is 29.3 Å². The molecule has 4 aromatic heterocycles. The molecular formula is C31H23ClF3IN6O. The summed E-state index contributed by atoms with van der Waals surface area (Å²) in [5.74, 6) is 0. The maximum atomic E-state index is 13.3. The Morgan fingerprint density at radius 3 is 2.40 bits per heavy atom. The molecule has 0 bridgehead atoms. The minimum Gasteiger partial charge on any atom is -0.374 e. The third kappa shape index (κ3) is 5.41. The van der Waals surface area contributed by atoms with E-state index < -0.39 is 17.5 Å². The molecule has 7 nitrogen and oxygen atoms in total. The normalized spacial score (nSPS) is 13.4. The molecule has 43 heavy (non-hydrogen) atoms. The van der Waals surface area contributed by atoms with Gasteiger partial charge in [0.2, 0.25) is 0 Å². The summed E-state index contributed by atoms with van der Waals surface area (Å²) in [6, 6.07) is 17.1. The topological polar surface area (TPSA) is 81.6 Å². The second-order valence-electron chi connectivity index (χ2n) is 10.1. The van der Waals surface area contributed by atoms with E-state index in [-0.39, 0.29) is 5.56 Å². The first-order valence-corrected chi connectivity index (χ1v) is 15.0. The summed E-state index contributed by atoms with van der Waals surface area (Å²) >= 11 is 9.30. The highest BCUT2D eigenvalue weighted by Crippen LogP contribution is 2.41. The minimum atomic E-state index is -4.62. The van der Waals surface area contributed by atoms with Gasteiger partial charge in [-0.15, -0.1) is 0 Å². The van der Waals surface area contributed by atoms with Gasteiger partial charge in [0.1, 0.15) is 5.69 Å². The van der Waals surface area contributed by atoms with E-state index in [0.717, 1.165) is 29.0 Å². The van der Waals surface area contributed by atoms with Gasteiger partial charge in [0, 0.05) is 47.9 Å². The number of halogens is 5. The fourth-order valence-electron chi connectivity index (χ4n) is 5.19. The van der Waals surface area contributed by atoms with Gasteiger partial charge in [-0.2, -0.15) is 18.3 Å². The van der Waals surface area contributed by atoms with E-state index in [1.54, 1.807) is 40.0 Å². The van der Waals surface area contributed by atoms with Crippen molar-refractivity contribution in [2.24, 2.45) is 7.05 Å². The molecule has 0 fully saturated rings. The van der Waals surface area contributed by atoms with Crippen LogP contribution in [0.5, 0.6) is 0 Å². The molecule has 12 heteroatoms. The Balaban J connectivity index is 1.57. The van der Waals surface area contributed by atoms with Gasteiger partial charge in [-0.3, -0.25) is 9.67 Å². The second kappa shape index (κ2) is 11.4. The quantitative estimate of drug-likeness (QED) is 0.140. The van der Waals surface area contributed by atoms with Gasteiger partial charge in [0.15, 0.2) is 5.60 Å². The SMILES string of the molecule is Cn1cc(-c2nc3ccc(C(O)(c4ccc(C(F)(F)F)nc4)c4cncn4CI)cc3c(Cl)c2Cc2ccccc2)cn1. The first-order valence-electron chi connectivity index (χ1n) is 13.1. The first kappa shape index (κ1) is 29.3. The highest BCUT2D eigenvalue weighted by molar-refractivity contribution is 14.1. The van der Waals surface area contributed by atoms with Crippen molar-refractivity contribution in [2.75, 3.05) is 0 Å². The fraction of sp³-hybridized carbons (Fsp3) is 0.161. The third-order valence-electron chi connectivity index (χ3n) is 7.32. The van der Waals surface area contributed by atoms with E-state index in [4.69, 9.17) is 16.6 Å². The van der Waals surface area contributed by atoms with Crippen LogP contribution in [0.2, 0.25) is 5.02 Å². The van der Waals surface area contributed by atoms with Crippen LogP contribution in [0.15, 0.2) is 91.8 Å². The number of imidazole rings is 1. The van der Waals surface area contributed by atoms with Gasteiger partial charge in [0.25, 0.3) is 0 Å². The number of nitrogens with zero attached hydrogens (tertiary/aromatic N) is 6. The molecule has 0 aliphatic carbocycles. The fourth-order valence-corrected chi connectivity index (χ4v) is 6.04. The summed E-state index contributed by atoms with van der Waals surface area (Å²) in [4.78, 5) is 12.8. The molecule has 1 N–H and O–H groups in total. The number of alkyl halides is 4. The number of aromatic nitrogens is 6. The van der Waals surface area contributed by atoms with Gasteiger partial charge in [-0.25, -0.2) is 9.97 Å². The highest BCUT2D eigenvalue weighted by Gasteiger charge is 2.39. The molecule has 218 valence electrons. The average Bonchev–Trinajstić information content (AvgIpc) is 3.67. The Kier molecular flexibility index (Phi) is 7.73. The third-order valence-corrected chi connectivity index (χ3v) is 8.49. The molecule has 0 aliphatic rings. The zero-order valence-electron chi connectivity index (χ0n) is 22.6. The lowest BCUT2D eigenvalue weighted by atomic mass is 9.83. The van der Waals surface area contributed by atoms with Crippen LogP contribution >= 0.6 is 34.2 Å². The summed E-state index contributed by atoms with van der Waals surface area (Å²) in [6.45, 7) is 0. The predicted molar refractivity (Wildman–Crippen MR) is 166 cm³/mol. The maximum Gasteiger partial charge on any atom is 0.433 e. The lowest BCUT2D eigenvalue weighted by Crippen LogP contribution is -2.32. The number of aliphatic hydroxyl groups is 1. The van der Waals surface area contributed by atoms with E-state index in [1.165, 1.54) is 12.3 Å². The van der Waals surface area contributed by atoms with Crippen molar-refractivity contribution in [3.63, 3.8) is 0 Å². The molecule has 6 aromatic rings. The van der Waals surface area contributed by atoms with E-state index >= 15 is 0 Å². The maximum absolute atomic E-state index is 13.3. The molecule has 0 amide bonds.